The third-order valence-corrected chi connectivity index (χ3v) is 1.89. The van der Waals surface area contributed by atoms with E-state index in [9.17, 15) is 8.78 Å². The Kier molecular flexibility index (Phi) is 4.05. The Morgan fingerprint density at radius 1 is 1.29 bits per heavy atom. The number of aromatic nitrogens is 1. The molecule has 94 valence electrons. The maximum absolute atomic E-state index is 12.6. The monoisotopic (exact) mass is 244 g/mol. The fraction of sp³-hybridized carbons (Fsp3) is 0.500. The molecule has 17 heavy (non-hydrogen) atoms. The minimum absolute atomic E-state index is 0.0120. The highest BCUT2D eigenvalue weighted by Gasteiger charge is 2.19. The molecule has 1 heterocycles. The smallest absolute Gasteiger partial charge is 0.423 e. The number of nitrogens with one attached hydrogen (secondary N) is 1. The zero-order valence-electron chi connectivity index (χ0n) is 9.91. The van der Waals surface area contributed by atoms with Crippen molar-refractivity contribution in [3.63, 3.8) is 0 Å². The van der Waals surface area contributed by atoms with Crippen LogP contribution in [0.3, 0.4) is 0 Å². The molecule has 0 fully saturated rings. The molecule has 1 aromatic heterocycles. The van der Waals surface area contributed by atoms with Gasteiger partial charge in [0.25, 0.3) is 6.43 Å². The minimum atomic E-state index is -2.76. The number of alkyl halides is 2. The summed E-state index contributed by atoms with van der Waals surface area (Å²) >= 11 is 0. The van der Waals surface area contributed by atoms with Gasteiger partial charge in [0.05, 0.1) is 0 Å². The summed E-state index contributed by atoms with van der Waals surface area (Å²) in [5, 5.41) is 20.9. The molecule has 0 saturated heterocycles. The molecular formula is C10H15BF2N2O2. The first kappa shape index (κ1) is 13.9. The number of rotatable bonds is 3. The Balaban J connectivity index is 3.13. The van der Waals surface area contributed by atoms with E-state index in [4.69, 9.17) is 10.0 Å². The number of halogens is 2. The van der Waals surface area contributed by atoms with E-state index in [0.717, 1.165) is 6.07 Å². The average molecular weight is 244 g/mol. The third kappa shape index (κ3) is 4.28. The van der Waals surface area contributed by atoms with Crippen molar-refractivity contribution in [2.45, 2.75) is 32.7 Å². The Morgan fingerprint density at radius 3 is 2.29 bits per heavy atom. The molecule has 0 bridgehead atoms. The van der Waals surface area contributed by atoms with Crippen molar-refractivity contribution >= 4 is 18.4 Å². The molecule has 0 aliphatic heterocycles. The fourth-order valence-electron chi connectivity index (χ4n) is 1.28. The van der Waals surface area contributed by atoms with Crippen molar-refractivity contribution in [2.24, 2.45) is 0 Å². The first-order chi connectivity index (χ1) is 7.69. The van der Waals surface area contributed by atoms with Gasteiger partial charge in [-0.05, 0) is 38.4 Å². The van der Waals surface area contributed by atoms with Crippen LogP contribution in [-0.2, 0) is 0 Å². The number of anilines is 1. The van der Waals surface area contributed by atoms with Crippen LogP contribution in [0.4, 0.5) is 14.6 Å². The highest BCUT2D eigenvalue weighted by molar-refractivity contribution is 6.58. The lowest BCUT2D eigenvalue weighted by molar-refractivity contribution is 0.146. The van der Waals surface area contributed by atoms with Gasteiger partial charge < -0.3 is 15.4 Å². The second-order valence-corrected chi connectivity index (χ2v) is 4.76. The van der Waals surface area contributed by atoms with Crippen molar-refractivity contribution < 1.29 is 18.8 Å². The molecule has 0 amide bonds. The van der Waals surface area contributed by atoms with Gasteiger partial charge in [-0.3, -0.25) is 0 Å². The van der Waals surface area contributed by atoms with Crippen LogP contribution in [0.15, 0.2) is 12.1 Å². The van der Waals surface area contributed by atoms with E-state index >= 15 is 0 Å². The molecule has 0 aliphatic carbocycles. The molecule has 7 heteroatoms. The van der Waals surface area contributed by atoms with E-state index in [-0.39, 0.29) is 16.8 Å². The van der Waals surface area contributed by atoms with Gasteiger partial charge in [-0.2, -0.15) is 0 Å². The van der Waals surface area contributed by atoms with E-state index in [1.54, 1.807) is 0 Å². The normalized spacial score (nSPS) is 11.8. The summed E-state index contributed by atoms with van der Waals surface area (Å²) in [5.74, 6) is 0.193. The lowest BCUT2D eigenvalue weighted by atomic mass is 9.80. The van der Waals surface area contributed by atoms with Crippen LogP contribution in [0, 0.1) is 0 Å². The number of nitrogens with zero attached hydrogens (tertiary/aromatic N) is 1. The van der Waals surface area contributed by atoms with Gasteiger partial charge in [-0.1, -0.05) is 0 Å². The average Bonchev–Trinajstić information content (AvgIpc) is 2.14. The SMILES string of the molecule is CC(C)(C)Nc1cc(B(O)O)cc(C(F)F)n1. The molecule has 0 aromatic carbocycles. The van der Waals surface area contributed by atoms with Crippen LogP contribution in [-0.4, -0.2) is 27.7 Å². The number of hydrogen-bond acceptors (Lipinski definition) is 4. The molecule has 0 radical (unpaired) electrons. The molecule has 1 rings (SSSR count). The maximum atomic E-state index is 12.6. The summed E-state index contributed by atoms with van der Waals surface area (Å²) in [6.45, 7) is 5.54. The summed E-state index contributed by atoms with van der Waals surface area (Å²) in [6.07, 6.45) is -2.76. The molecule has 0 saturated carbocycles. The number of hydrogen-bond donors (Lipinski definition) is 3. The number of pyridine rings is 1. The van der Waals surface area contributed by atoms with Crippen molar-refractivity contribution in [3.8, 4) is 0 Å². The molecular weight excluding hydrogens is 229 g/mol. The van der Waals surface area contributed by atoms with Crippen LogP contribution in [0.1, 0.15) is 32.9 Å². The van der Waals surface area contributed by atoms with E-state index in [0.29, 0.717) is 0 Å². The summed E-state index contributed by atoms with van der Waals surface area (Å²) in [4.78, 5) is 3.72. The quantitative estimate of drug-likeness (QED) is 0.691. The Hall–Kier alpha value is -1.21. The lowest BCUT2D eigenvalue weighted by Crippen LogP contribution is -2.33. The van der Waals surface area contributed by atoms with Gasteiger partial charge in [-0.25, -0.2) is 13.8 Å². The summed E-state index contributed by atoms with van der Waals surface area (Å²) in [5.41, 5.74) is -0.852. The van der Waals surface area contributed by atoms with Gasteiger partial charge in [0.1, 0.15) is 11.5 Å². The summed E-state index contributed by atoms with van der Waals surface area (Å²) in [6, 6.07) is 2.31. The summed E-state index contributed by atoms with van der Waals surface area (Å²) < 4.78 is 25.1. The molecule has 0 atom stereocenters. The zero-order chi connectivity index (χ0) is 13.2. The van der Waals surface area contributed by atoms with Crippen molar-refractivity contribution in [2.75, 3.05) is 5.32 Å². The first-order valence-electron chi connectivity index (χ1n) is 5.13. The largest absolute Gasteiger partial charge is 0.488 e. The third-order valence-electron chi connectivity index (χ3n) is 1.89. The van der Waals surface area contributed by atoms with E-state index < -0.39 is 19.2 Å². The van der Waals surface area contributed by atoms with Crippen molar-refractivity contribution in [3.05, 3.63) is 17.8 Å². The predicted octanol–water partition coefficient (Wildman–Crippen LogP) is 0.909. The Bertz CT molecular complexity index is 368. The first-order valence-corrected chi connectivity index (χ1v) is 5.13. The second-order valence-electron chi connectivity index (χ2n) is 4.76. The second kappa shape index (κ2) is 4.97. The van der Waals surface area contributed by atoms with Crippen molar-refractivity contribution in [1.29, 1.82) is 0 Å². The molecule has 3 N–H and O–H groups in total. The molecule has 0 unspecified atom stereocenters. The fourth-order valence-corrected chi connectivity index (χ4v) is 1.28. The highest BCUT2D eigenvalue weighted by atomic mass is 19.3. The van der Waals surface area contributed by atoms with Crippen LogP contribution in [0.2, 0.25) is 0 Å². The predicted molar refractivity (Wildman–Crippen MR) is 62.4 cm³/mol. The van der Waals surface area contributed by atoms with E-state index in [1.807, 2.05) is 20.8 Å². The maximum Gasteiger partial charge on any atom is 0.488 e. The van der Waals surface area contributed by atoms with Gasteiger partial charge in [0, 0.05) is 5.54 Å². The Labute approximate surface area is 98.8 Å². The lowest BCUT2D eigenvalue weighted by Gasteiger charge is -2.22. The van der Waals surface area contributed by atoms with Crippen molar-refractivity contribution in [1.82, 2.24) is 4.98 Å². The molecule has 0 spiro atoms. The van der Waals surface area contributed by atoms with E-state index in [1.165, 1.54) is 6.07 Å². The highest BCUT2D eigenvalue weighted by Crippen LogP contribution is 2.19. The van der Waals surface area contributed by atoms with Crippen LogP contribution >= 0.6 is 0 Å². The zero-order valence-corrected chi connectivity index (χ0v) is 9.91. The van der Waals surface area contributed by atoms with Gasteiger partial charge in [-0.15, -0.1) is 0 Å². The van der Waals surface area contributed by atoms with Gasteiger partial charge >= 0.3 is 7.12 Å². The van der Waals surface area contributed by atoms with E-state index in [2.05, 4.69) is 10.3 Å². The van der Waals surface area contributed by atoms with Gasteiger partial charge in [0.2, 0.25) is 0 Å². The van der Waals surface area contributed by atoms with Gasteiger partial charge in [0.15, 0.2) is 0 Å². The standard InChI is InChI=1S/C10H15BF2N2O2/c1-10(2,3)15-8-5-6(11(16)17)4-7(14-8)9(12)13/h4-5,9,16-17H,1-3H3,(H,14,15). The minimum Gasteiger partial charge on any atom is -0.423 e. The molecule has 1 aromatic rings. The Morgan fingerprint density at radius 2 is 1.88 bits per heavy atom. The van der Waals surface area contributed by atoms with Crippen LogP contribution in [0.25, 0.3) is 0 Å². The van der Waals surface area contributed by atoms with Crippen LogP contribution in [0.5, 0.6) is 0 Å². The summed E-state index contributed by atoms with van der Waals surface area (Å²) in [7, 11) is -1.80. The molecule has 0 aliphatic rings. The topological polar surface area (TPSA) is 65.4 Å². The van der Waals surface area contributed by atoms with Crippen LogP contribution < -0.4 is 10.8 Å². The molecule has 4 nitrogen and oxygen atoms in total.